The van der Waals surface area contributed by atoms with Crippen LogP contribution in [0.15, 0.2) is 42.5 Å². The maximum Gasteiger partial charge on any atom is 0.129 e. The molecule has 1 N–H and O–H groups in total. The van der Waals surface area contributed by atoms with Crippen LogP contribution in [0.25, 0.3) is 0 Å². The van der Waals surface area contributed by atoms with Crippen molar-refractivity contribution < 1.29 is 14.6 Å². The van der Waals surface area contributed by atoms with Gasteiger partial charge in [0.25, 0.3) is 0 Å². The number of fused-ring (bicyclic) bond motifs is 1. The molecule has 1 aliphatic rings. The Balaban J connectivity index is 1.81. The van der Waals surface area contributed by atoms with Gasteiger partial charge in [-0.1, -0.05) is 23.8 Å². The Morgan fingerprint density at radius 3 is 2.48 bits per heavy atom. The van der Waals surface area contributed by atoms with Crippen molar-refractivity contribution in [3.8, 4) is 11.5 Å². The van der Waals surface area contributed by atoms with Crippen LogP contribution in [0.1, 0.15) is 29.2 Å². The van der Waals surface area contributed by atoms with Crippen LogP contribution in [0.5, 0.6) is 11.5 Å². The van der Waals surface area contributed by atoms with E-state index in [1.165, 1.54) is 11.1 Å². The maximum atomic E-state index is 10.6. The highest BCUT2D eigenvalue weighted by molar-refractivity contribution is 5.39. The van der Waals surface area contributed by atoms with Crippen LogP contribution in [0.2, 0.25) is 0 Å². The zero-order chi connectivity index (χ0) is 14.8. The number of ether oxygens (including phenoxy) is 2. The Hall–Kier alpha value is -2.00. The van der Waals surface area contributed by atoms with Crippen molar-refractivity contribution in [3.05, 3.63) is 59.2 Å². The predicted molar refractivity (Wildman–Crippen MR) is 81.9 cm³/mol. The van der Waals surface area contributed by atoms with Gasteiger partial charge in [0, 0.05) is 0 Å². The van der Waals surface area contributed by atoms with E-state index in [4.69, 9.17) is 9.47 Å². The molecule has 0 heterocycles. The van der Waals surface area contributed by atoms with Gasteiger partial charge in [-0.15, -0.1) is 0 Å². The monoisotopic (exact) mass is 284 g/mol. The highest BCUT2D eigenvalue weighted by atomic mass is 16.5. The quantitative estimate of drug-likeness (QED) is 0.938. The molecule has 1 aliphatic carbocycles. The molecule has 0 saturated heterocycles. The zero-order valence-corrected chi connectivity index (χ0v) is 12.4. The van der Waals surface area contributed by atoms with Crippen LogP contribution in [0, 0.1) is 6.92 Å². The molecule has 3 rings (SSSR count). The third-order valence-corrected chi connectivity index (χ3v) is 4.03. The third-order valence-electron chi connectivity index (χ3n) is 4.03. The number of aliphatic hydroxyl groups excluding tert-OH is 1. The average molecular weight is 284 g/mol. The second-order valence-electron chi connectivity index (χ2n) is 5.52. The van der Waals surface area contributed by atoms with E-state index in [1.54, 1.807) is 7.11 Å². The van der Waals surface area contributed by atoms with E-state index in [2.05, 4.69) is 0 Å². The lowest BCUT2D eigenvalue weighted by molar-refractivity contribution is 0.0229. The van der Waals surface area contributed by atoms with Gasteiger partial charge in [0.1, 0.15) is 23.7 Å². The first kappa shape index (κ1) is 14.0. The first-order chi connectivity index (χ1) is 10.2. The van der Waals surface area contributed by atoms with E-state index in [9.17, 15) is 5.11 Å². The molecule has 3 heteroatoms. The average Bonchev–Trinajstić information content (AvgIpc) is 2.52. The molecule has 21 heavy (non-hydrogen) atoms. The van der Waals surface area contributed by atoms with Gasteiger partial charge in [-0.25, -0.2) is 0 Å². The molecule has 0 radical (unpaired) electrons. The summed E-state index contributed by atoms with van der Waals surface area (Å²) in [4.78, 5) is 0. The van der Waals surface area contributed by atoms with Gasteiger partial charge in [-0.05, 0) is 55.2 Å². The van der Waals surface area contributed by atoms with E-state index < -0.39 is 6.10 Å². The summed E-state index contributed by atoms with van der Waals surface area (Å²) in [5.41, 5.74) is 3.28. The van der Waals surface area contributed by atoms with Crippen molar-refractivity contribution in [3.63, 3.8) is 0 Å². The van der Waals surface area contributed by atoms with E-state index in [-0.39, 0.29) is 6.10 Å². The standard InChI is InChI=1S/C18H20O3/c1-12-3-7-14(8-4-12)21-17-10-6-13-5-9-15(20-2)11-16(13)18(17)19/h3-5,7-9,11,17-19H,6,10H2,1-2H3. The van der Waals surface area contributed by atoms with Crippen LogP contribution in [0.3, 0.4) is 0 Å². The Morgan fingerprint density at radius 1 is 1.05 bits per heavy atom. The topological polar surface area (TPSA) is 38.7 Å². The molecule has 3 nitrogen and oxygen atoms in total. The van der Waals surface area contributed by atoms with Crippen molar-refractivity contribution in [2.45, 2.75) is 32.0 Å². The number of hydrogen-bond donors (Lipinski definition) is 1. The highest BCUT2D eigenvalue weighted by Crippen LogP contribution is 2.34. The first-order valence-electron chi connectivity index (χ1n) is 7.25. The van der Waals surface area contributed by atoms with Gasteiger partial charge in [0.15, 0.2) is 0 Å². The fraction of sp³-hybridized carbons (Fsp3) is 0.333. The van der Waals surface area contributed by atoms with Gasteiger partial charge in [0.2, 0.25) is 0 Å². The molecule has 0 fully saturated rings. The molecular weight excluding hydrogens is 264 g/mol. The Labute approximate surface area is 125 Å². The minimum atomic E-state index is -0.620. The molecule has 0 amide bonds. The maximum absolute atomic E-state index is 10.6. The molecule has 2 aromatic rings. The number of aliphatic hydroxyl groups is 1. The van der Waals surface area contributed by atoms with E-state index in [0.717, 1.165) is 29.9 Å². The normalized spacial score (nSPS) is 20.7. The van der Waals surface area contributed by atoms with Crippen LogP contribution < -0.4 is 9.47 Å². The van der Waals surface area contributed by atoms with E-state index >= 15 is 0 Å². The molecule has 2 unspecified atom stereocenters. The van der Waals surface area contributed by atoms with Gasteiger partial charge in [-0.2, -0.15) is 0 Å². The van der Waals surface area contributed by atoms with Gasteiger partial charge < -0.3 is 14.6 Å². The molecule has 2 atom stereocenters. The summed E-state index contributed by atoms with van der Waals surface area (Å²) in [6.45, 7) is 2.04. The Morgan fingerprint density at radius 2 is 1.76 bits per heavy atom. The minimum absolute atomic E-state index is 0.215. The smallest absolute Gasteiger partial charge is 0.129 e. The summed E-state index contributed by atoms with van der Waals surface area (Å²) >= 11 is 0. The van der Waals surface area contributed by atoms with Crippen molar-refractivity contribution in [2.75, 3.05) is 7.11 Å². The fourth-order valence-electron chi connectivity index (χ4n) is 2.77. The lowest BCUT2D eigenvalue weighted by Crippen LogP contribution is -2.30. The molecule has 2 aromatic carbocycles. The van der Waals surface area contributed by atoms with E-state index in [0.29, 0.717) is 0 Å². The van der Waals surface area contributed by atoms with E-state index in [1.807, 2.05) is 49.4 Å². The zero-order valence-electron chi connectivity index (χ0n) is 12.4. The van der Waals surface area contributed by atoms with Crippen LogP contribution >= 0.6 is 0 Å². The lowest BCUT2D eigenvalue weighted by atomic mass is 9.87. The molecule has 0 aliphatic heterocycles. The van der Waals surface area contributed by atoms with Gasteiger partial charge in [0.05, 0.1) is 7.11 Å². The predicted octanol–water partition coefficient (Wildman–Crippen LogP) is 3.43. The summed E-state index contributed by atoms with van der Waals surface area (Å²) in [6.07, 6.45) is 0.888. The number of methoxy groups -OCH3 is 1. The van der Waals surface area contributed by atoms with Crippen molar-refractivity contribution in [1.82, 2.24) is 0 Å². The molecule has 0 spiro atoms. The van der Waals surface area contributed by atoms with Crippen molar-refractivity contribution >= 4 is 0 Å². The lowest BCUT2D eigenvalue weighted by Gasteiger charge is -2.30. The molecule has 0 saturated carbocycles. The molecule has 0 aromatic heterocycles. The Kier molecular flexibility index (Phi) is 3.84. The molecular formula is C18H20O3. The highest BCUT2D eigenvalue weighted by Gasteiger charge is 2.29. The SMILES string of the molecule is COc1ccc2c(c1)C(O)C(Oc1ccc(C)cc1)CC2. The molecule has 110 valence electrons. The number of rotatable bonds is 3. The van der Waals surface area contributed by atoms with Crippen molar-refractivity contribution in [2.24, 2.45) is 0 Å². The Bertz CT molecular complexity index is 619. The number of hydrogen-bond acceptors (Lipinski definition) is 3. The largest absolute Gasteiger partial charge is 0.497 e. The summed E-state index contributed by atoms with van der Waals surface area (Å²) in [7, 11) is 1.64. The van der Waals surface area contributed by atoms with Crippen LogP contribution in [-0.2, 0) is 6.42 Å². The third kappa shape index (κ3) is 2.88. The second-order valence-corrected chi connectivity index (χ2v) is 5.52. The molecule has 0 bridgehead atoms. The van der Waals surface area contributed by atoms with Crippen LogP contribution in [0.4, 0.5) is 0 Å². The number of benzene rings is 2. The van der Waals surface area contributed by atoms with Gasteiger partial charge in [-0.3, -0.25) is 0 Å². The first-order valence-corrected chi connectivity index (χ1v) is 7.25. The summed E-state index contributed by atoms with van der Waals surface area (Å²) in [5.74, 6) is 1.57. The second kappa shape index (κ2) is 5.78. The summed E-state index contributed by atoms with van der Waals surface area (Å²) in [6, 6.07) is 13.8. The number of aryl methyl sites for hydroxylation is 2. The fourth-order valence-corrected chi connectivity index (χ4v) is 2.77. The summed E-state index contributed by atoms with van der Waals surface area (Å²) < 4.78 is 11.2. The summed E-state index contributed by atoms with van der Waals surface area (Å²) in [5, 5.41) is 10.6. The van der Waals surface area contributed by atoms with Crippen LogP contribution in [-0.4, -0.2) is 18.3 Å². The minimum Gasteiger partial charge on any atom is -0.497 e. The van der Waals surface area contributed by atoms with Crippen molar-refractivity contribution in [1.29, 1.82) is 0 Å². The van der Waals surface area contributed by atoms with Gasteiger partial charge >= 0.3 is 0 Å².